The molecule has 1 aliphatic heterocycles. The zero-order valence-corrected chi connectivity index (χ0v) is 7.93. The third kappa shape index (κ3) is 2.02. The highest BCUT2D eigenvalue weighted by Gasteiger charge is 2.41. The second-order valence-corrected chi connectivity index (χ2v) is 3.31. The van der Waals surface area contributed by atoms with Gasteiger partial charge in [0.05, 0.1) is 12.0 Å². The first-order valence-corrected chi connectivity index (χ1v) is 4.56. The van der Waals surface area contributed by atoms with Crippen molar-refractivity contribution >= 4 is 5.97 Å². The first kappa shape index (κ1) is 10.1. The molecule has 72 valence electrons. The van der Waals surface area contributed by atoms with Gasteiger partial charge in [-0.2, -0.15) is 0 Å². The fourth-order valence-corrected chi connectivity index (χ4v) is 1.62. The zero-order valence-electron chi connectivity index (χ0n) is 7.93. The lowest BCUT2D eigenvalue weighted by atomic mass is 9.84. The summed E-state index contributed by atoms with van der Waals surface area (Å²) in [4.78, 5) is 11.6. The number of hydrogen-bond acceptors (Lipinski definition) is 3. The second-order valence-electron chi connectivity index (χ2n) is 3.31. The molecule has 0 aliphatic carbocycles. The van der Waals surface area contributed by atoms with Crippen molar-refractivity contribution < 1.29 is 9.53 Å². The average Bonchev–Trinajstić information content (AvgIpc) is 2.55. The maximum atomic E-state index is 11.6. The van der Waals surface area contributed by atoms with Crippen LogP contribution >= 0.6 is 0 Å². The van der Waals surface area contributed by atoms with Gasteiger partial charge in [0.25, 0.3) is 0 Å². The van der Waals surface area contributed by atoms with Gasteiger partial charge in [-0.3, -0.25) is 4.79 Å². The summed E-state index contributed by atoms with van der Waals surface area (Å²) in [6.07, 6.45) is 6.50. The molecule has 1 aliphatic rings. The molecule has 0 saturated carbocycles. The molecule has 13 heavy (non-hydrogen) atoms. The molecule has 1 rings (SSSR count). The van der Waals surface area contributed by atoms with Crippen molar-refractivity contribution in [2.24, 2.45) is 5.41 Å². The molecule has 0 aromatic carbocycles. The predicted octanol–water partition coefficient (Wildman–Crippen LogP) is 0.552. The smallest absolute Gasteiger partial charge is 0.314 e. The van der Waals surface area contributed by atoms with E-state index in [1.807, 2.05) is 6.92 Å². The SMILES string of the molecule is C#CCC1(C(=O)OCC)CCNC1. The summed E-state index contributed by atoms with van der Waals surface area (Å²) in [7, 11) is 0. The third-order valence-electron chi connectivity index (χ3n) is 2.39. The minimum absolute atomic E-state index is 0.155. The van der Waals surface area contributed by atoms with Crippen molar-refractivity contribution in [2.45, 2.75) is 19.8 Å². The quantitative estimate of drug-likeness (QED) is 0.510. The van der Waals surface area contributed by atoms with E-state index in [2.05, 4.69) is 11.2 Å². The van der Waals surface area contributed by atoms with E-state index in [0.29, 0.717) is 19.6 Å². The van der Waals surface area contributed by atoms with E-state index in [1.54, 1.807) is 0 Å². The number of hydrogen-bond donors (Lipinski definition) is 1. The van der Waals surface area contributed by atoms with Gasteiger partial charge in [0.2, 0.25) is 0 Å². The first-order chi connectivity index (χ1) is 6.25. The highest BCUT2D eigenvalue weighted by molar-refractivity contribution is 5.78. The van der Waals surface area contributed by atoms with Crippen molar-refractivity contribution in [3.63, 3.8) is 0 Å². The number of terminal acetylenes is 1. The highest BCUT2D eigenvalue weighted by Crippen LogP contribution is 2.30. The van der Waals surface area contributed by atoms with Crippen LogP contribution in [-0.2, 0) is 9.53 Å². The molecule has 1 N–H and O–H groups in total. The summed E-state index contributed by atoms with van der Waals surface area (Å²) in [5.41, 5.74) is -0.454. The van der Waals surface area contributed by atoms with E-state index in [1.165, 1.54) is 0 Å². The van der Waals surface area contributed by atoms with E-state index >= 15 is 0 Å². The molecule has 0 radical (unpaired) electrons. The van der Waals surface area contributed by atoms with Gasteiger partial charge in [-0.15, -0.1) is 12.3 Å². The molecule has 1 fully saturated rings. The van der Waals surface area contributed by atoms with Gasteiger partial charge < -0.3 is 10.1 Å². The van der Waals surface area contributed by atoms with Gasteiger partial charge >= 0.3 is 5.97 Å². The Bertz CT molecular complexity index is 224. The third-order valence-corrected chi connectivity index (χ3v) is 2.39. The van der Waals surface area contributed by atoms with E-state index in [0.717, 1.165) is 13.0 Å². The lowest BCUT2D eigenvalue weighted by molar-refractivity contribution is -0.154. The molecule has 1 atom stereocenters. The van der Waals surface area contributed by atoms with Crippen LogP contribution in [0.15, 0.2) is 0 Å². The Labute approximate surface area is 78.8 Å². The fraction of sp³-hybridized carbons (Fsp3) is 0.700. The van der Waals surface area contributed by atoms with Crippen molar-refractivity contribution in [1.82, 2.24) is 5.32 Å². The Hall–Kier alpha value is -1.01. The number of rotatable bonds is 3. The maximum Gasteiger partial charge on any atom is 0.314 e. The molecule has 0 aromatic rings. The van der Waals surface area contributed by atoms with Crippen LogP contribution in [0.4, 0.5) is 0 Å². The van der Waals surface area contributed by atoms with Crippen LogP contribution in [0.3, 0.4) is 0 Å². The van der Waals surface area contributed by atoms with Gasteiger partial charge in [-0.05, 0) is 19.9 Å². The summed E-state index contributed by atoms with van der Waals surface area (Å²) in [5, 5.41) is 3.14. The Morgan fingerprint density at radius 1 is 1.77 bits per heavy atom. The Kier molecular flexibility index (Phi) is 3.32. The fourth-order valence-electron chi connectivity index (χ4n) is 1.62. The minimum Gasteiger partial charge on any atom is -0.465 e. The number of carbonyl (C=O) groups excluding carboxylic acids is 1. The van der Waals surface area contributed by atoms with Gasteiger partial charge in [0.15, 0.2) is 0 Å². The van der Waals surface area contributed by atoms with Crippen LogP contribution in [-0.4, -0.2) is 25.7 Å². The predicted molar refractivity (Wildman–Crippen MR) is 50.0 cm³/mol. The van der Waals surface area contributed by atoms with E-state index in [-0.39, 0.29) is 5.97 Å². The second kappa shape index (κ2) is 4.29. The van der Waals surface area contributed by atoms with Crippen LogP contribution in [0.2, 0.25) is 0 Å². The molecule has 0 spiro atoms. The van der Waals surface area contributed by atoms with E-state index in [4.69, 9.17) is 11.2 Å². The van der Waals surface area contributed by atoms with Gasteiger partial charge in [-0.1, -0.05) is 0 Å². The molecular weight excluding hydrogens is 166 g/mol. The van der Waals surface area contributed by atoms with Gasteiger partial charge in [-0.25, -0.2) is 0 Å². The monoisotopic (exact) mass is 181 g/mol. The van der Waals surface area contributed by atoms with Crippen LogP contribution < -0.4 is 5.32 Å². The number of carbonyl (C=O) groups is 1. The molecule has 3 nitrogen and oxygen atoms in total. The first-order valence-electron chi connectivity index (χ1n) is 4.56. The summed E-state index contributed by atoms with van der Waals surface area (Å²) in [6.45, 7) is 3.73. The molecule has 0 amide bonds. The lowest BCUT2D eigenvalue weighted by Gasteiger charge is -2.22. The maximum absolute atomic E-state index is 11.6. The number of ether oxygens (including phenoxy) is 1. The molecule has 0 aromatic heterocycles. The lowest BCUT2D eigenvalue weighted by Crippen LogP contribution is -2.34. The normalized spacial score (nSPS) is 26.8. The van der Waals surface area contributed by atoms with E-state index in [9.17, 15) is 4.79 Å². The summed E-state index contributed by atoms with van der Waals surface area (Å²) >= 11 is 0. The largest absolute Gasteiger partial charge is 0.465 e. The molecule has 1 saturated heterocycles. The summed E-state index contributed by atoms with van der Waals surface area (Å²) in [6, 6.07) is 0. The van der Waals surface area contributed by atoms with Crippen molar-refractivity contribution in [1.29, 1.82) is 0 Å². The van der Waals surface area contributed by atoms with Crippen LogP contribution in [0.5, 0.6) is 0 Å². The van der Waals surface area contributed by atoms with Gasteiger partial charge in [0, 0.05) is 13.0 Å². The topological polar surface area (TPSA) is 38.3 Å². The standard InChI is InChI=1S/C10H15NO2/c1-3-5-10(6-7-11-8-10)9(12)13-4-2/h1,11H,4-8H2,2H3. The molecule has 1 heterocycles. The van der Waals surface area contributed by atoms with Gasteiger partial charge in [0.1, 0.15) is 0 Å². The molecule has 0 bridgehead atoms. The van der Waals surface area contributed by atoms with E-state index < -0.39 is 5.41 Å². The summed E-state index contributed by atoms with van der Waals surface area (Å²) < 4.78 is 5.01. The number of nitrogens with one attached hydrogen (secondary N) is 1. The van der Waals surface area contributed by atoms with Crippen LogP contribution in [0.25, 0.3) is 0 Å². The zero-order chi connectivity index (χ0) is 9.73. The Balaban J connectivity index is 2.67. The summed E-state index contributed by atoms with van der Waals surface area (Å²) in [5.74, 6) is 2.39. The van der Waals surface area contributed by atoms with Crippen LogP contribution in [0, 0.1) is 17.8 Å². The minimum atomic E-state index is -0.454. The van der Waals surface area contributed by atoms with Crippen molar-refractivity contribution in [2.75, 3.05) is 19.7 Å². The molecular formula is C10H15NO2. The Morgan fingerprint density at radius 2 is 2.54 bits per heavy atom. The average molecular weight is 181 g/mol. The highest BCUT2D eigenvalue weighted by atomic mass is 16.5. The Morgan fingerprint density at radius 3 is 3.00 bits per heavy atom. The van der Waals surface area contributed by atoms with Crippen LogP contribution in [0.1, 0.15) is 19.8 Å². The number of esters is 1. The molecule has 1 unspecified atom stereocenters. The van der Waals surface area contributed by atoms with Crippen molar-refractivity contribution in [3.05, 3.63) is 0 Å². The molecule has 3 heteroatoms. The van der Waals surface area contributed by atoms with Crippen molar-refractivity contribution in [3.8, 4) is 12.3 Å².